The van der Waals surface area contributed by atoms with Crippen LogP contribution in [0.25, 0.3) is 0 Å². The maximum atomic E-state index is 6.01. The Morgan fingerprint density at radius 3 is 2.29 bits per heavy atom. The lowest BCUT2D eigenvalue weighted by Crippen LogP contribution is -2.49. The fourth-order valence-corrected chi connectivity index (χ4v) is 3.71. The smallest absolute Gasteiger partial charge is 0.0559 e. The summed E-state index contributed by atoms with van der Waals surface area (Å²) in [6.45, 7) is 4.37. The first-order valence-electron chi connectivity index (χ1n) is 7.77. The van der Waals surface area contributed by atoms with Crippen molar-refractivity contribution in [1.82, 2.24) is 5.43 Å². The summed E-state index contributed by atoms with van der Waals surface area (Å²) in [4.78, 5) is 0. The Hall–Kier alpha value is -1.64. The molecule has 2 aromatic carbocycles. The number of hydrogen-bond donors (Lipinski definition) is 2. The van der Waals surface area contributed by atoms with E-state index in [1.807, 2.05) is 0 Å². The molecule has 0 heterocycles. The Balaban J connectivity index is 2.08. The molecule has 3 rings (SSSR count). The fourth-order valence-electron chi connectivity index (χ4n) is 3.71. The van der Waals surface area contributed by atoms with Gasteiger partial charge in [0.2, 0.25) is 0 Å². The van der Waals surface area contributed by atoms with Crippen molar-refractivity contribution in [3.63, 3.8) is 0 Å². The first kappa shape index (κ1) is 14.3. The number of aryl methyl sites for hydroxylation is 1. The van der Waals surface area contributed by atoms with Gasteiger partial charge < -0.3 is 0 Å². The van der Waals surface area contributed by atoms with Crippen molar-refractivity contribution in [3.05, 3.63) is 70.8 Å². The maximum absolute atomic E-state index is 6.01. The Labute approximate surface area is 127 Å². The normalized spacial score (nSPS) is 18.0. The van der Waals surface area contributed by atoms with Crippen molar-refractivity contribution in [3.8, 4) is 0 Å². The largest absolute Gasteiger partial charge is 0.271 e. The molecule has 1 aliphatic rings. The molecule has 0 radical (unpaired) electrons. The zero-order valence-corrected chi connectivity index (χ0v) is 12.9. The van der Waals surface area contributed by atoms with Crippen molar-refractivity contribution >= 4 is 0 Å². The number of benzene rings is 2. The van der Waals surface area contributed by atoms with Gasteiger partial charge in [0.05, 0.1) is 6.04 Å². The Morgan fingerprint density at radius 2 is 1.71 bits per heavy atom. The molecule has 0 aromatic heterocycles. The van der Waals surface area contributed by atoms with E-state index in [-0.39, 0.29) is 11.5 Å². The lowest BCUT2D eigenvalue weighted by atomic mass is 9.58. The molecule has 2 aromatic rings. The Morgan fingerprint density at radius 1 is 1.00 bits per heavy atom. The predicted molar refractivity (Wildman–Crippen MR) is 88.0 cm³/mol. The molecule has 1 unspecified atom stereocenters. The molecule has 1 atom stereocenters. The quantitative estimate of drug-likeness (QED) is 0.658. The van der Waals surface area contributed by atoms with Crippen LogP contribution in [-0.2, 0) is 5.41 Å². The van der Waals surface area contributed by atoms with Gasteiger partial charge in [0, 0.05) is 5.41 Å². The van der Waals surface area contributed by atoms with Crippen LogP contribution in [0, 0.1) is 13.8 Å². The van der Waals surface area contributed by atoms with Crippen LogP contribution in [0.5, 0.6) is 0 Å². The number of hydrazine groups is 1. The van der Waals surface area contributed by atoms with E-state index in [1.165, 1.54) is 41.5 Å². The fraction of sp³-hybridized carbons (Fsp3) is 0.368. The highest BCUT2D eigenvalue weighted by Gasteiger charge is 2.46. The van der Waals surface area contributed by atoms with Crippen LogP contribution in [0.4, 0.5) is 0 Å². The summed E-state index contributed by atoms with van der Waals surface area (Å²) in [7, 11) is 0. The van der Waals surface area contributed by atoms with Gasteiger partial charge >= 0.3 is 0 Å². The van der Waals surface area contributed by atoms with E-state index in [0.717, 1.165) is 0 Å². The van der Waals surface area contributed by atoms with Crippen molar-refractivity contribution in [1.29, 1.82) is 0 Å². The Bertz CT molecular complexity index is 615. The van der Waals surface area contributed by atoms with Gasteiger partial charge in [-0.15, -0.1) is 0 Å². The van der Waals surface area contributed by atoms with Gasteiger partial charge in [-0.25, -0.2) is 0 Å². The first-order chi connectivity index (χ1) is 10.2. The molecule has 2 nitrogen and oxygen atoms in total. The summed E-state index contributed by atoms with van der Waals surface area (Å²) >= 11 is 0. The van der Waals surface area contributed by atoms with E-state index in [9.17, 15) is 0 Å². The van der Waals surface area contributed by atoms with Gasteiger partial charge in [-0.2, -0.15) is 0 Å². The highest BCUT2D eigenvalue weighted by molar-refractivity contribution is 5.41. The molecule has 0 saturated heterocycles. The van der Waals surface area contributed by atoms with E-state index in [1.54, 1.807) is 0 Å². The van der Waals surface area contributed by atoms with Crippen LogP contribution < -0.4 is 11.3 Å². The third kappa shape index (κ3) is 2.29. The van der Waals surface area contributed by atoms with Crippen molar-refractivity contribution < 1.29 is 0 Å². The average molecular weight is 280 g/mol. The zero-order valence-electron chi connectivity index (χ0n) is 12.9. The van der Waals surface area contributed by atoms with E-state index in [0.29, 0.717) is 0 Å². The summed E-state index contributed by atoms with van der Waals surface area (Å²) in [5, 5.41) is 0. The minimum Gasteiger partial charge on any atom is -0.271 e. The summed E-state index contributed by atoms with van der Waals surface area (Å²) in [5.74, 6) is 6.01. The van der Waals surface area contributed by atoms with Crippen LogP contribution in [-0.4, -0.2) is 0 Å². The lowest BCUT2D eigenvalue weighted by Gasteiger charge is -2.48. The molecule has 1 fully saturated rings. The number of rotatable bonds is 4. The SMILES string of the molecule is Cc1cccc(C(NN)C2(c3ccccc3)CCC2)c1C. The minimum absolute atomic E-state index is 0.133. The van der Waals surface area contributed by atoms with Crippen molar-refractivity contribution in [2.75, 3.05) is 0 Å². The monoisotopic (exact) mass is 280 g/mol. The van der Waals surface area contributed by atoms with Gasteiger partial charge in [0.1, 0.15) is 0 Å². The molecular formula is C19H24N2. The average Bonchev–Trinajstić information content (AvgIpc) is 2.47. The molecule has 3 N–H and O–H groups in total. The van der Waals surface area contributed by atoms with Crippen molar-refractivity contribution in [2.45, 2.75) is 44.6 Å². The van der Waals surface area contributed by atoms with E-state index < -0.39 is 0 Å². The standard InChI is InChI=1S/C19H24N2/c1-14-8-6-11-17(15(14)2)18(21-20)19(12-7-13-19)16-9-4-3-5-10-16/h3-6,8-11,18,21H,7,12-13,20H2,1-2H3. The summed E-state index contributed by atoms with van der Waals surface area (Å²) in [6.07, 6.45) is 3.66. The van der Waals surface area contributed by atoms with E-state index in [2.05, 4.69) is 67.8 Å². The van der Waals surface area contributed by atoms with Gasteiger partial charge in [-0.1, -0.05) is 55.0 Å². The number of hydrogen-bond acceptors (Lipinski definition) is 2. The zero-order chi connectivity index (χ0) is 14.9. The van der Waals surface area contributed by atoms with Gasteiger partial charge in [-0.05, 0) is 48.9 Å². The molecule has 0 bridgehead atoms. The van der Waals surface area contributed by atoms with E-state index in [4.69, 9.17) is 5.84 Å². The van der Waals surface area contributed by atoms with Crippen LogP contribution in [0.1, 0.15) is 47.6 Å². The second-order valence-electron chi connectivity index (χ2n) is 6.26. The third-order valence-corrected chi connectivity index (χ3v) is 5.27. The van der Waals surface area contributed by atoms with Crippen LogP contribution >= 0.6 is 0 Å². The Kier molecular flexibility index (Phi) is 3.83. The molecule has 0 spiro atoms. The minimum atomic E-state index is 0.133. The second-order valence-corrected chi connectivity index (χ2v) is 6.26. The lowest BCUT2D eigenvalue weighted by molar-refractivity contribution is 0.169. The summed E-state index contributed by atoms with van der Waals surface area (Å²) < 4.78 is 0. The molecule has 2 heteroatoms. The molecule has 1 aliphatic carbocycles. The van der Waals surface area contributed by atoms with Gasteiger partial charge in [0.15, 0.2) is 0 Å². The van der Waals surface area contributed by atoms with Crippen LogP contribution in [0.15, 0.2) is 48.5 Å². The van der Waals surface area contributed by atoms with Crippen LogP contribution in [0.2, 0.25) is 0 Å². The second kappa shape index (κ2) is 5.63. The third-order valence-electron chi connectivity index (χ3n) is 5.27. The molecule has 0 aliphatic heterocycles. The summed E-state index contributed by atoms with van der Waals surface area (Å²) in [6, 6.07) is 17.5. The first-order valence-corrected chi connectivity index (χ1v) is 7.77. The summed E-state index contributed by atoms with van der Waals surface area (Å²) in [5.41, 5.74) is 8.68. The van der Waals surface area contributed by atoms with Gasteiger partial charge in [0.25, 0.3) is 0 Å². The van der Waals surface area contributed by atoms with Gasteiger partial charge in [-0.3, -0.25) is 11.3 Å². The molecular weight excluding hydrogens is 256 g/mol. The van der Waals surface area contributed by atoms with Crippen LogP contribution in [0.3, 0.4) is 0 Å². The number of nitrogens with two attached hydrogens (primary N) is 1. The molecule has 21 heavy (non-hydrogen) atoms. The van der Waals surface area contributed by atoms with E-state index >= 15 is 0 Å². The topological polar surface area (TPSA) is 38.0 Å². The highest BCUT2D eigenvalue weighted by atomic mass is 15.2. The highest BCUT2D eigenvalue weighted by Crippen LogP contribution is 2.52. The maximum Gasteiger partial charge on any atom is 0.0559 e. The number of nitrogens with one attached hydrogen (secondary N) is 1. The molecule has 110 valence electrons. The molecule has 0 amide bonds. The van der Waals surface area contributed by atoms with Crippen molar-refractivity contribution in [2.24, 2.45) is 5.84 Å². The predicted octanol–water partition coefficient (Wildman–Crippen LogP) is 3.93. The molecule has 1 saturated carbocycles.